The summed E-state index contributed by atoms with van der Waals surface area (Å²) in [5.74, 6) is 0.802. The fraction of sp³-hybridized carbons (Fsp3) is 0.273. The Morgan fingerprint density at radius 1 is 1.53 bits per heavy atom. The van der Waals surface area contributed by atoms with Crippen molar-refractivity contribution in [3.8, 4) is 5.75 Å². The molecule has 2 rings (SSSR count). The van der Waals surface area contributed by atoms with Gasteiger partial charge in [-0.15, -0.1) is 0 Å². The molecule has 78 valence electrons. The molecule has 1 heterocycles. The summed E-state index contributed by atoms with van der Waals surface area (Å²) in [6.07, 6.45) is 0.843. The molecule has 0 aliphatic heterocycles. The van der Waals surface area contributed by atoms with Gasteiger partial charge >= 0.3 is 0 Å². The Morgan fingerprint density at radius 3 is 3.00 bits per heavy atom. The first kappa shape index (κ1) is 9.71. The number of carbonyl (C=O) groups is 1. The van der Waals surface area contributed by atoms with Crippen molar-refractivity contribution in [3.63, 3.8) is 0 Å². The van der Waals surface area contributed by atoms with Crippen molar-refractivity contribution in [3.05, 3.63) is 23.9 Å². The summed E-state index contributed by atoms with van der Waals surface area (Å²) >= 11 is 0. The van der Waals surface area contributed by atoms with Gasteiger partial charge in [-0.1, -0.05) is 0 Å². The van der Waals surface area contributed by atoms with Crippen molar-refractivity contribution in [2.45, 2.75) is 13.5 Å². The lowest BCUT2D eigenvalue weighted by atomic mass is 10.2. The quantitative estimate of drug-likeness (QED) is 0.712. The molecule has 0 aliphatic carbocycles. The Bertz CT molecular complexity index is 503. The van der Waals surface area contributed by atoms with Gasteiger partial charge in [0.05, 0.1) is 24.9 Å². The van der Waals surface area contributed by atoms with Crippen LogP contribution in [0.5, 0.6) is 5.75 Å². The molecule has 15 heavy (non-hydrogen) atoms. The Balaban J connectivity index is 2.63. The molecular formula is C11H12N2O2. The zero-order valence-corrected chi connectivity index (χ0v) is 8.73. The number of aldehydes is 1. The number of methoxy groups -OCH3 is 1. The number of benzene rings is 1. The number of rotatable bonds is 3. The molecule has 1 aromatic carbocycles. The molecule has 4 nitrogen and oxygen atoms in total. The molecule has 0 N–H and O–H groups in total. The van der Waals surface area contributed by atoms with E-state index in [0.29, 0.717) is 0 Å². The van der Waals surface area contributed by atoms with Crippen molar-refractivity contribution in [2.75, 3.05) is 7.11 Å². The van der Waals surface area contributed by atoms with E-state index in [1.165, 1.54) is 0 Å². The molecule has 0 spiro atoms. The molecule has 0 saturated heterocycles. The summed E-state index contributed by atoms with van der Waals surface area (Å²) in [5.41, 5.74) is 1.87. The summed E-state index contributed by atoms with van der Waals surface area (Å²) in [4.78, 5) is 10.5. The van der Waals surface area contributed by atoms with Gasteiger partial charge in [0.1, 0.15) is 12.0 Å². The van der Waals surface area contributed by atoms with Crippen LogP contribution in [0, 0.1) is 6.92 Å². The van der Waals surface area contributed by atoms with Crippen molar-refractivity contribution >= 4 is 17.2 Å². The summed E-state index contributed by atoms with van der Waals surface area (Å²) in [7, 11) is 1.63. The van der Waals surface area contributed by atoms with Crippen molar-refractivity contribution in [1.82, 2.24) is 9.78 Å². The largest absolute Gasteiger partial charge is 0.497 e. The minimum Gasteiger partial charge on any atom is -0.497 e. The van der Waals surface area contributed by atoms with Crippen molar-refractivity contribution < 1.29 is 9.53 Å². The zero-order chi connectivity index (χ0) is 10.8. The fourth-order valence-corrected chi connectivity index (χ4v) is 1.66. The number of hydrogen-bond acceptors (Lipinski definition) is 3. The number of aryl methyl sites for hydroxylation is 1. The van der Waals surface area contributed by atoms with E-state index in [1.54, 1.807) is 11.8 Å². The van der Waals surface area contributed by atoms with Gasteiger partial charge in [-0.05, 0) is 25.1 Å². The average molecular weight is 204 g/mol. The second kappa shape index (κ2) is 3.73. The highest BCUT2D eigenvalue weighted by Gasteiger charge is 2.07. The highest BCUT2D eigenvalue weighted by Crippen LogP contribution is 2.23. The maximum Gasteiger partial charge on any atom is 0.141 e. The highest BCUT2D eigenvalue weighted by molar-refractivity contribution is 5.83. The molecule has 0 saturated carbocycles. The molecule has 4 heteroatoms. The summed E-state index contributed by atoms with van der Waals surface area (Å²) < 4.78 is 6.83. The zero-order valence-electron chi connectivity index (χ0n) is 8.73. The molecule has 0 unspecified atom stereocenters. The van der Waals surface area contributed by atoms with Crippen LogP contribution in [-0.4, -0.2) is 23.2 Å². The van der Waals surface area contributed by atoms with Gasteiger partial charge in [-0.25, -0.2) is 0 Å². The van der Waals surface area contributed by atoms with Crippen LogP contribution >= 0.6 is 0 Å². The van der Waals surface area contributed by atoms with E-state index >= 15 is 0 Å². The van der Waals surface area contributed by atoms with Gasteiger partial charge in [0.15, 0.2) is 0 Å². The van der Waals surface area contributed by atoms with Crippen LogP contribution < -0.4 is 4.74 Å². The van der Waals surface area contributed by atoms with E-state index in [2.05, 4.69) is 5.10 Å². The number of hydrogen-bond donors (Lipinski definition) is 0. The number of ether oxygens (including phenoxy) is 1. The molecule has 2 aromatic rings. The van der Waals surface area contributed by atoms with Gasteiger partial charge in [0, 0.05) is 5.39 Å². The van der Waals surface area contributed by atoms with Gasteiger partial charge in [-0.2, -0.15) is 5.10 Å². The lowest BCUT2D eigenvalue weighted by molar-refractivity contribution is -0.108. The van der Waals surface area contributed by atoms with Crippen molar-refractivity contribution in [2.24, 2.45) is 0 Å². The third-order valence-corrected chi connectivity index (χ3v) is 2.39. The first-order valence-corrected chi connectivity index (χ1v) is 4.71. The normalized spacial score (nSPS) is 10.5. The van der Waals surface area contributed by atoms with Crippen LogP contribution in [0.3, 0.4) is 0 Å². The molecule has 0 aliphatic rings. The van der Waals surface area contributed by atoms with E-state index < -0.39 is 0 Å². The van der Waals surface area contributed by atoms with Crippen LogP contribution in [0.15, 0.2) is 18.2 Å². The van der Waals surface area contributed by atoms with Crippen LogP contribution in [0.2, 0.25) is 0 Å². The number of nitrogens with zero attached hydrogens (tertiary/aromatic N) is 2. The van der Waals surface area contributed by atoms with E-state index in [0.717, 1.165) is 28.6 Å². The van der Waals surface area contributed by atoms with E-state index in [4.69, 9.17) is 4.74 Å². The standard InChI is InChI=1S/C11H12N2O2/c1-8-10-7-9(15-2)3-4-11(10)13(12-8)5-6-14/h3-4,6-7H,5H2,1-2H3. The number of carbonyl (C=O) groups excluding carboxylic acids is 1. The minimum atomic E-state index is 0.288. The van der Waals surface area contributed by atoms with E-state index in [9.17, 15) is 4.79 Å². The van der Waals surface area contributed by atoms with Gasteiger partial charge < -0.3 is 9.53 Å². The van der Waals surface area contributed by atoms with Crippen LogP contribution in [-0.2, 0) is 11.3 Å². The lowest BCUT2D eigenvalue weighted by Crippen LogP contribution is -2.00. The fourth-order valence-electron chi connectivity index (χ4n) is 1.66. The Kier molecular flexibility index (Phi) is 2.41. The second-order valence-corrected chi connectivity index (χ2v) is 3.32. The van der Waals surface area contributed by atoms with Crippen LogP contribution in [0.4, 0.5) is 0 Å². The van der Waals surface area contributed by atoms with Crippen LogP contribution in [0.1, 0.15) is 5.69 Å². The predicted molar refractivity (Wildman–Crippen MR) is 57.1 cm³/mol. The third kappa shape index (κ3) is 1.58. The first-order chi connectivity index (χ1) is 7.26. The average Bonchev–Trinajstić information content (AvgIpc) is 2.56. The predicted octanol–water partition coefficient (Wildman–Crippen LogP) is 1.55. The lowest BCUT2D eigenvalue weighted by Gasteiger charge is -2.00. The molecule has 0 radical (unpaired) electrons. The molecule has 0 bridgehead atoms. The number of aromatic nitrogens is 2. The molecule has 0 atom stereocenters. The third-order valence-electron chi connectivity index (χ3n) is 2.39. The topological polar surface area (TPSA) is 44.1 Å². The Hall–Kier alpha value is -1.84. The first-order valence-electron chi connectivity index (χ1n) is 4.71. The van der Waals surface area contributed by atoms with Crippen LogP contribution in [0.25, 0.3) is 10.9 Å². The number of fused-ring (bicyclic) bond motifs is 1. The summed E-state index contributed by atoms with van der Waals surface area (Å²) in [6.45, 7) is 2.21. The Morgan fingerprint density at radius 2 is 2.33 bits per heavy atom. The minimum absolute atomic E-state index is 0.288. The monoisotopic (exact) mass is 204 g/mol. The van der Waals surface area contributed by atoms with Crippen molar-refractivity contribution in [1.29, 1.82) is 0 Å². The maximum atomic E-state index is 10.5. The van der Waals surface area contributed by atoms with Gasteiger partial charge in [0.25, 0.3) is 0 Å². The van der Waals surface area contributed by atoms with Gasteiger partial charge in [-0.3, -0.25) is 4.68 Å². The SMILES string of the molecule is COc1ccc2c(c1)c(C)nn2CC=O. The maximum absolute atomic E-state index is 10.5. The molecule has 0 fully saturated rings. The smallest absolute Gasteiger partial charge is 0.141 e. The highest BCUT2D eigenvalue weighted by atomic mass is 16.5. The second-order valence-electron chi connectivity index (χ2n) is 3.32. The molecular weight excluding hydrogens is 192 g/mol. The summed E-state index contributed by atoms with van der Waals surface area (Å²) in [5, 5.41) is 5.31. The summed E-state index contributed by atoms with van der Waals surface area (Å²) in [6, 6.07) is 5.71. The van der Waals surface area contributed by atoms with Gasteiger partial charge in [0.2, 0.25) is 0 Å². The molecule has 1 aromatic heterocycles. The van der Waals surface area contributed by atoms with E-state index in [-0.39, 0.29) is 6.54 Å². The van der Waals surface area contributed by atoms with E-state index in [1.807, 2.05) is 25.1 Å². The Labute approximate surface area is 87.5 Å². The molecule has 0 amide bonds.